The van der Waals surface area contributed by atoms with Gasteiger partial charge in [-0.3, -0.25) is 4.79 Å². The van der Waals surface area contributed by atoms with Gasteiger partial charge in [-0.05, 0) is 43.5 Å². The van der Waals surface area contributed by atoms with Gasteiger partial charge in [0.15, 0.2) is 0 Å². The fraction of sp³-hybridized carbons (Fsp3) is 0.286. The van der Waals surface area contributed by atoms with E-state index < -0.39 is 0 Å². The predicted octanol–water partition coefficient (Wildman–Crippen LogP) is 4.74. The minimum Gasteiger partial charge on any atom is -0.460 e. The number of carbonyl (C=O) groups is 1. The van der Waals surface area contributed by atoms with Gasteiger partial charge in [0.1, 0.15) is 11.3 Å². The molecule has 2 aromatic carbocycles. The van der Waals surface area contributed by atoms with Crippen molar-refractivity contribution in [3.63, 3.8) is 0 Å². The van der Waals surface area contributed by atoms with E-state index in [0.717, 1.165) is 39.1 Å². The van der Waals surface area contributed by atoms with Crippen molar-refractivity contribution in [2.24, 2.45) is 0 Å². The summed E-state index contributed by atoms with van der Waals surface area (Å²) in [7, 11) is 0. The van der Waals surface area contributed by atoms with Crippen LogP contribution < -0.4 is 4.90 Å². The van der Waals surface area contributed by atoms with E-state index in [1.54, 1.807) is 0 Å². The average Bonchev–Trinajstić information content (AvgIpc) is 3.05. The monoisotopic (exact) mass is 319 g/mol. The Morgan fingerprint density at radius 3 is 2.62 bits per heavy atom. The smallest absolute Gasteiger partial charge is 0.235 e. The lowest BCUT2D eigenvalue weighted by atomic mass is 9.94. The van der Waals surface area contributed by atoms with Gasteiger partial charge in [-0.2, -0.15) is 0 Å². The van der Waals surface area contributed by atoms with E-state index in [9.17, 15) is 4.79 Å². The Morgan fingerprint density at radius 2 is 1.88 bits per heavy atom. The molecule has 0 radical (unpaired) electrons. The molecule has 0 N–H and O–H groups in total. The molecule has 0 saturated heterocycles. The minimum absolute atomic E-state index is 0.152. The first-order valence-electron chi connectivity index (χ1n) is 8.49. The SMILES string of the molecule is CCN1C(=O)C(Cc2oc3c(C)cccc3c2C)c2ccccc21. The highest BCUT2D eigenvalue weighted by atomic mass is 16.3. The first-order chi connectivity index (χ1) is 11.6. The molecule has 122 valence electrons. The maximum Gasteiger partial charge on any atom is 0.235 e. The molecule has 0 aliphatic carbocycles. The number of amides is 1. The topological polar surface area (TPSA) is 33.5 Å². The standard InChI is InChI=1S/C21H21NO2/c1-4-22-18-11-6-5-9-16(18)17(21(22)23)12-19-14(3)15-10-7-8-13(2)20(15)24-19/h5-11,17H,4,12H2,1-3H3. The van der Waals surface area contributed by atoms with Crippen LogP contribution in [-0.4, -0.2) is 12.5 Å². The summed E-state index contributed by atoms with van der Waals surface area (Å²) >= 11 is 0. The van der Waals surface area contributed by atoms with Gasteiger partial charge in [-0.1, -0.05) is 36.4 Å². The Bertz CT molecular complexity index is 938. The zero-order chi connectivity index (χ0) is 16.8. The van der Waals surface area contributed by atoms with E-state index >= 15 is 0 Å². The molecule has 1 aliphatic heterocycles. The number of hydrogen-bond donors (Lipinski definition) is 0. The second kappa shape index (κ2) is 5.52. The van der Waals surface area contributed by atoms with Crippen LogP contribution in [0.4, 0.5) is 5.69 Å². The number of carbonyl (C=O) groups excluding carboxylic acids is 1. The zero-order valence-corrected chi connectivity index (χ0v) is 14.3. The third-order valence-corrected chi connectivity index (χ3v) is 5.13. The molecule has 1 unspecified atom stereocenters. The van der Waals surface area contributed by atoms with E-state index in [1.165, 1.54) is 0 Å². The van der Waals surface area contributed by atoms with Gasteiger partial charge >= 0.3 is 0 Å². The first kappa shape index (κ1) is 15.0. The van der Waals surface area contributed by atoms with Crippen LogP contribution in [0, 0.1) is 13.8 Å². The van der Waals surface area contributed by atoms with Crippen molar-refractivity contribution in [2.45, 2.75) is 33.1 Å². The molecule has 0 saturated carbocycles. The van der Waals surface area contributed by atoms with Crippen molar-refractivity contribution in [3.05, 3.63) is 64.9 Å². The summed E-state index contributed by atoms with van der Waals surface area (Å²) in [5, 5.41) is 1.15. The molecule has 3 nitrogen and oxygen atoms in total. The third-order valence-electron chi connectivity index (χ3n) is 5.13. The molecule has 3 aromatic rings. The van der Waals surface area contributed by atoms with Crippen LogP contribution in [0.2, 0.25) is 0 Å². The van der Waals surface area contributed by atoms with Crippen LogP contribution in [0.3, 0.4) is 0 Å². The van der Waals surface area contributed by atoms with E-state index in [-0.39, 0.29) is 11.8 Å². The molecule has 1 atom stereocenters. The molecule has 2 heterocycles. The van der Waals surface area contributed by atoms with E-state index in [0.29, 0.717) is 13.0 Å². The van der Waals surface area contributed by atoms with Gasteiger partial charge in [0.2, 0.25) is 5.91 Å². The van der Waals surface area contributed by atoms with Crippen LogP contribution in [0.1, 0.15) is 35.3 Å². The largest absolute Gasteiger partial charge is 0.460 e. The lowest BCUT2D eigenvalue weighted by Gasteiger charge is -2.14. The van der Waals surface area contributed by atoms with Gasteiger partial charge in [-0.25, -0.2) is 0 Å². The predicted molar refractivity (Wildman–Crippen MR) is 96.6 cm³/mol. The van der Waals surface area contributed by atoms with Crippen LogP contribution >= 0.6 is 0 Å². The normalized spacial score (nSPS) is 16.9. The molecular formula is C21H21NO2. The fourth-order valence-electron chi connectivity index (χ4n) is 3.80. The van der Waals surface area contributed by atoms with Crippen molar-refractivity contribution in [1.82, 2.24) is 0 Å². The summed E-state index contributed by atoms with van der Waals surface area (Å²) in [5.41, 5.74) is 5.38. The minimum atomic E-state index is -0.152. The highest BCUT2D eigenvalue weighted by molar-refractivity contribution is 6.05. The zero-order valence-electron chi connectivity index (χ0n) is 14.3. The number of furan rings is 1. The van der Waals surface area contributed by atoms with Gasteiger partial charge < -0.3 is 9.32 Å². The first-order valence-corrected chi connectivity index (χ1v) is 8.49. The number of anilines is 1. The average molecular weight is 319 g/mol. The maximum absolute atomic E-state index is 12.9. The van der Waals surface area contributed by atoms with Crippen molar-refractivity contribution in [3.8, 4) is 0 Å². The van der Waals surface area contributed by atoms with Crippen LogP contribution in [-0.2, 0) is 11.2 Å². The van der Waals surface area contributed by atoms with Gasteiger partial charge in [0.25, 0.3) is 0 Å². The van der Waals surface area contributed by atoms with Crippen LogP contribution in [0.15, 0.2) is 46.9 Å². The Morgan fingerprint density at radius 1 is 1.08 bits per heavy atom. The number of benzene rings is 2. The van der Waals surface area contributed by atoms with Gasteiger partial charge in [0, 0.05) is 24.0 Å². The van der Waals surface area contributed by atoms with E-state index in [2.05, 4.69) is 38.1 Å². The van der Waals surface area contributed by atoms with E-state index in [4.69, 9.17) is 4.42 Å². The molecular weight excluding hydrogens is 298 g/mol. The number of nitrogens with zero attached hydrogens (tertiary/aromatic N) is 1. The summed E-state index contributed by atoms with van der Waals surface area (Å²) in [4.78, 5) is 14.8. The summed E-state index contributed by atoms with van der Waals surface area (Å²) in [5.74, 6) is 0.946. The maximum atomic E-state index is 12.9. The molecule has 4 rings (SSSR count). The Hall–Kier alpha value is -2.55. The van der Waals surface area contributed by atoms with Crippen LogP contribution in [0.5, 0.6) is 0 Å². The second-order valence-electron chi connectivity index (χ2n) is 6.50. The van der Waals surface area contributed by atoms with Crippen molar-refractivity contribution in [1.29, 1.82) is 0 Å². The van der Waals surface area contributed by atoms with Gasteiger partial charge in [-0.15, -0.1) is 0 Å². The summed E-state index contributed by atoms with van der Waals surface area (Å²) in [6.07, 6.45) is 0.617. The number of likely N-dealkylation sites (N-methyl/N-ethyl adjacent to an activating group) is 1. The molecule has 0 spiro atoms. The quantitative estimate of drug-likeness (QED) is 0.698. The number of aryl methyl sites for hydroxylation is 2. The Kier molecular flexibility index (Phi) is 3.45. The summed E-state index contributed by atoms with van der Waals surface area (Å²) in [6.45, 7) is 6.87. The Labute approximate surface area is 141 Å². The number of fused-ring (bicyclic) bond motifs is 2. The molecule has 24 heavy (non-hydrogen) atoms. The highest BCUT2D eigenvalue weighted by Crippen LogP contribution is 2.40. The van der Waals surface area contributed by atoms with Crippen molar-refractivity contribution in [2.75, 3.05) is 11.4 Å². The lowest BCUT2D eigenvalue weighted by molar-refractivity contribution is -0.119. The molecule has 3 heteroatoms. The molecule has 1 aliphatic rings. The number of hydrogen-bond acceptors (Lipinski definition) is 2. The van der Waals surface area contributed by atoms with Crippen molar-refractivity contribution < 1.29 is 9.21 Å². The molecule has 1 amide bonds. The number of rotatable bonds is 3. The van der Waals surface area contributed by atoms with E-state index in [1.807, 2.05) is 30.0 Å². The molecule has 1 aromatic heterocycles. The fourth-order valence-corrected chi connectivity index (χ4v) is 3.80. The Balaban J connectivity index is 1.78. The number of para-hydroxylation sites is 2. The van der Waals surface area contributed by atoms with Crippen molar-refractivity contribution >= 4 is 22.6 Å². The summed E-state index contributed by atoms with van der Waals surface area (Å²) < 4.78 is 6.15. The van der Waals surface area contributed by atoms with Crippen LogP contribution in [0.25, 0.3) is 11.0 Å². The molecule has 0 fully saturated rings. The molecule has 0 bridgehead atoms. The van der Waals surface area contributed by atoms with Gasteiger partial charge in [0.05, 0.1) is 5.92 Å². The summed E-state index contributed by atoms with van der Waals surface area (Å²) in [6, 6.07) is 14.3. The lowest BCUT2D eigenvalue weighted by Crippen LogP contribution is -2.29. The highest BCUT2D eigenvalue weighted by Gasteiger charge is 2.37. The third kappa shape index (κ3) is 2.08. The second-order valence-corrected chi connectivity index (χ2v) is 6.50.